The molecule has 4 rings (SSSR count). The molecule has 6 nitrogen and oxygen atoms in total. The highest BCUT2D eigenvalue weighted by Gasteiger charge is 2.38. The Hall–Kier alpha value is -1.40. The van der Waals surface area contributed by atoms with Gasteiger partial charge in [0.2, 0.25) is 0 Å². The number of rotatable bonds is 3. The predicted molar refractivity (Wildman–Crippen MR) is 81.6 cm³/mol. The normalized spacial score (nSPS) is 29.9. The van der Waals surface area contributed by atoms with Crippen molar-refractivity contribution in [3.63, 3.8) is 0 Å². The maximum Gasteiger partial charge on any atom is 0.271 e. The highest BCUT2D eigenvalue weighted by atomic mass is 16.5. The molecule has 1 aliphatic carbocycles. The Balaban J connectivity index is 1.43. The number of imidazole rings is 1. The van der Waals surface area contributed by atoms with Gasteiger partial charge in [0, 0.05) is 32.2 Å². The number of amides is 1. The Morgan fingerprint density at radius 3 is 2.91 bits per heavy atom. The zero-order valence-corrected chi connectivity index (χ0v) is 12.9. The molecule has 1 N–H and O–H groups in total. The van der Waals surface area contributed by atoms with Gasteiger partial charge in [-0.2, -0.15) is 0 Å². The molecule has 6 heteroatoms. The number of hydrogen-bond acceptors (Lipinski definition) is 4. The third-order valence-electron chi connectivity index (χ3n) is 5.19. The van der Waals surface area contributed by atoms with Gasteiger partial charge in [-0.3, -0.25) is 9.69 Å². The maximum atomic E-state index is 12.5. The van der Waals surface area contributed by atoms with Crippen LogP contribution in [0.3, 0.4) is 0 Å². The van der Waals surface area contributed by atoms with Gasteiger partial charge in [0.1, 0.15) is 5.69 Å². The number of aromatic nitrogens is 2. The fraction of sp³-hybridized carbons (Fsp3) is 0.750. The fourth-order valence-corrected chi connectivity index (χ4v) is 3.77. The van der Waals surface area contributed by atoms with E-state index in [9.17, 15) is 4.79 Å². The molecule has 3 fully saturated rings. The monoisotopic (exact) mass is 304 g/mol. The van der Waals surface area contributed by atoms with E-state index >= 15 is 0 Å². The summed E-state index contributed by atoms with van der Waals surface area (Å²) < 4.78 is 6.01. The van der Waals surface area contributed by atoms with E-state index < -0.39 is 0 Å². The Morgan fingerprint density at radius 2 is 2.14 bits per heavy atom. The van der Waals surface area contributed by atoms with Gasteiger partial charge in [-0.1, -0.05) is 0 Å². The lowest BCUT2D eigenvalue weighted by Crippen LogP contribution is -2.51. The number of nitrogens with zero attached hydrogens (tertiary/aromatic N) is 3. The summed E-state index contributed by atoms with van der Waals surface area (Å²) in [6, 6.07) is 0.480. The van der Waals surface area contributed by atoms with Crippen LogP contribution in [0, 0.1) is 5.92 Å². The van der Waals surface area contributed by atoms with Gasteiger partial charge in [-0.15, -0.1) is 0 Å². The first-order valence-electron chi connectivity index (χ1n) is 8.44. The number of fused-ring (bicyclic) bond motifs is 1. The minimum atomic E-state index is 0.0601. The molecule has 3 aliphatic rings. The van der Waals surface area contributed by atoms with E-state index in [0.717, 1.165) is 45.0 Å². The SMILES string of the molecule is O=C(c1cnc[nH]1)N1CCC2OCCN(CC3CC3)C2CC1. The minimum absolute atomic E-state index is 0.0601. The Morgan fingerprint density at radius 1 is 1.27 bits per heavy atom. The first-order valence-corrected chi connectivity index (χ1v) is 8.44. The average molecular weight is 304 g/mol. The molecule has 0 radical (unpaired) electrons. The molecule has 2 aliphatic heterocycles. The van der Waals surface area contributed by atoms with E-state index in [1.54, 1.807) is 12.5 Å². The van der Waals surface area contributed by atoms with Crippen molar-refractivity contribution in [2.75, 3.05) is 32.8 Å². The second-order valence-corrected chi connectivity index (χ2v) is 6.75. The van der Waals surface area contributed by atoms with E-state index in [0.29, 0.717) is 11.7 Å². The van der Waals surface area contributed by atoms with Crippen LogP contribution in [-0.4, -0.2) is 70.6 Å². The minimum Gasteiger partial charge on any atom is -0.375 e. The first kappa shape index (κ1) is 14.2. The molecular weight excluding hydrogens is 280 g/mol. The standard InChI is InChI=1S/C16H24N4O2/c21-16(13-9-17-11-18-13)19-5-3-14-15(4-6-19)22-8-7-20(14)10-12-1-2-12/h9,11-12,14-15H,1-8,10H2,(H,17,18). The number of morpholine rings is 1. The summed E-state index contributed by atoms with van der Waals surface area (Å²) in [5, 5.41) is 0. The summed E-state index contributed by atoms with van der Waals surface area (Å²) in [6.45, 7) is 4.69. The number of aromatic amines is 1. The van der Waals surface area contributed by atoms with Gasteiger partial charge in [0.05, 0.1) is 25.2 Å². The Labute approximate surface area is 130 Å². The second kappa shape index (κ2) is 6.01. The van der Waals surface area contributed by atoms with Crippen molar-refractivity contribution in [3.8, 4) is 0 Å². The number of carbonyl (C=O) groups is 1. The highest BCUT2D eigenvalue weighted by molar-refractivity contribution is 5.92. The maximum absolute atomic E-state index is 12.5. The molecule has 1 aromatic rings. The van der Waals surface area contributed by atoms with Crippen LogP contribution in [0.5, 0.6) is 0 Å². The van der Waals surface area contributed by atoms with Crippen LogP contribution in [0.2, 0.25) is 0 Å². The zero-order valence-electron chi connectivity index (χ0n) is 12.9. The van der Waals surface area contributed by atoms with Gasteiger partial charge in [-0.05, 0) is 31.6 Å². The van der Waals surface area contributed by atoms with Gasteiger partial charge in [-0.25, -0.2) is 4.98 Å². The predicted octanol–water partition coefficient (Wildman–Crippen LogP) is 1.13. The van der Waals surface area contributed by atoms with Gasteiger partial charge in [0.25, 0.3) is 5.91 Å². The van der Waals surface area contributed by atoms with E-state index in [1.807, 2.05) is 4.90 Å². The number of hydrogen-bond donors (Lipinski definition) is 1. The summed E-state index contributed by atoms with van der Waals surface area (Å²) in [6.07, 6.45) is 8.18. The Bertz CT molecular complexity index is 514. The van der Waals surface area contributed by atoms with Crippen molar-refractivity contribution in [1.82, 2.24) is 19.8 Å². The quantitative estimate of drug-likeness (QED) is 0.909. The smallest absolute Gasteiger partial charge is 0.271 e. The fourth-order valence-electron chi connectivity index (χ4n) is 3.77. The summed E-state index contributed by atoms with van der Waals surface area (Å²) in [5.74, 6) is 0.967. The molecule has 0 bridgehead atoms. The van der Waals surface area contributed by atoms with Crippen molar-refractivity contribution in [2.24, 2.45) is 5.92 Å². The first-order chi connectivity index (χ1) is 10.8. The van der Waals surface area contributed by atoms with E-state index in [4.69, 9.17) is 4.74 Å². The molecule has 0 spiro atoms. The molecule has 2 atom stereocenters. The topological polar surface area (TPSA) is 61.5 Å². The molecule has 1 aromatic heterocycles. The summed E-state index contributed by atoms with van der Waals surface area (Å²) >= 11 is 0. The van der Waals surface area contributed by atoms with Crippen molar-refractivity contribution >= 4 is 5.91 Å². The summed E-state index contributed by atoms with van der Waals surface area (Å²) in [4.78, 5) is 23.9. The van der Waals surface area contributed by atoms with Gasteiger partial charge >= 0.3 is 0 Å². The van der Waals surface area contributed by atoms with E-state index in [1.165, 1.54) is 19.4 Å². The zero-order chi connectivity index (χ0) is 14.9. The van der Waals surface area contributed by atoms with Crippen LogP contribution < -0.4 is 0 Å². The molecular formula is C16H24N4O2. The van der Waals surface area contributed by atoms with E-state index in [2.05, 4.69) is 14.9 Å². The average Bonchev–Trinajstić information content (AvgIpc) is 3.23. The molecule has 1 saturated carbocycles. The molecule has 1 amide bonds. The number of H-pyrrole nitrogens is 1. The third-order valence-corrected chi connectivity index (χ3v) is 5.19. The molecule has 22 heavy (non-hydrogen) atoms. The van der Waals surface area contributed by atoms with Crippen LogP contribution in [0.4, 0.5) is 0 Å². The largest absolute Gasteiger partial charge is 0.375 e. The molecule has 3 heterocycles. The highest BCUT2D eigenvalue weighted by Crippen LogP contribution is 2.33. The summed E-state index contributed by atoms with van der Waals surface area (Å²) in [5.41, 5.74) is 0.584. The number of carbonyl (C=O) groups excluding carboxylic acids is 1. The molecule has 120 valence electrons. The number of nitrogens with one attached hydrogen (secondary N) is 1. The summed E-state index contributed by atoms with van der Waals surface area (Å²) in [7, 11) is 0. The Kier molecular flexibility index (Phi) is 3.88. The van der Waals surface area contributed by atoms with E-state index in [-0.39, 0.29) is 12.0 Å². The lowest BCUT2D eigenvalue weighted by atomic mass is 10.0. The van der Waals surface area contributed by atoms with Crippen molar-refractivity contribution in [1.29, 1.82) is 0 Å². The second-order valence-electron chi connectivity index (χ2n) is 6.75. The lowest BCUT2D eigenvalue weighted by Gasteiger charge is -2.40. The van der Waals surface area contributed by atoms with Crippen LogP contribution in [-0.2, 0) is 4.74 Å². The number of likely N-dealkylation sites (tertiary alicyclic amines) is 1. The molecule has 2 unspecified atom stereocenters. The lowest BCUT2D eigenvalue weighted by molar-refractivity contribution is -0.0727. The van der Waals surface area contributed by atoms with Crippen LogP contribution >= 0.6 is 0 Å². The van der Waals surface area contributed by atoms with Gasteiger partial charge in [0.15, 0.2) is 0 Å². The van der Waals surface area contributed by atoms with Crippen LogP contribution in [0.1, 0.15) is 36.2 Å². The van der Waals surface area contributed by atoms with Crippen molar-refractivity contribution < 1.29 is 9.53 Å². The van der Waals surface area contributed by atoms with Gasteiger partial charge < -0.3 is 14.6 Å². The van der Waals surface area contributed by atoms with Crippen molar-refractivity contribution in [2.45, 2.75) is 37.8 Å². The number of ether oxygens (including phenoxy) is 1. The van der Waals surface area contributed by atoms with Crippen LogP contribution in [0.15, 0.2) is 12.5 Å². The third kappa shape index (κ3) is 2.90. The van der Waals surface area contributed by atoms with Crippen molar-refractivity contribution in [3.05, 3.63) is 18.2 Å². The molecule has 2 saturated heterocycles. The molecule has 0 aromatic carbocycles. The van der Waals surface area contributed by atoms with Crippen LogP contribution in [0.25, 0.3) is 0 Å².